The smallest absolute Gasteiger partial charge is 0.410 e. The van der Waals surface area contributed by atoms with Gasteiger partial charge in [0.2, 0.25) is 5.91 Å². The molecule has 2 aromatic rings. The molecule has 0 spiro atoms. The predicted octanol–water partition coefficient (Wildman–Crippen LogP) is 6.04. The number of ether oxygens (including phenoxy) is 1. The minimum absolute atomic E-state index is 0.0551. The van der Waals surface area contributed by atoms with Gasteiger partial charge in [0.15, 0.2) is 0 Å². The van der Waals surface area contributed by atoms with Crippen molar-refractivity contribution in [3.8, 4) is 0 Å². The fourth-order valence-electron chi connectivity index (χ4n) is 6.05. The van der Waals surface area contributed by atoms with Gasteiger partial charge >= 0.3 is 6.09 Å². The lowest BCUT2D eigenvalue weighted by atomic mass is 9.82. The molecule has 0 bridgehead atoms. The molecule has 0 aromatic heterocycles. The van der Waals surface area contributed by atoms with Crippen molar-refractivity contribution in [1.82, 2.24) is 14.7 Å². The minimum atomic E-state index is -0.627. The van der Waals surface area contributed by atoms with Crippen LogP contribution in [0.25, 0.3) is 0 Å². The van der Waals surface area contributed by atoms with E-state index in [-0.39, 0.29) is 35.9 Å². The summed E-state index contributed by atoms with van der Waals surface area (Å²) in [6, 6.07) is 15.2. The van der Waals surface area contributed by atoms with E-state index in [1.165, 1.54) is 17.7 Å². The summed E-state index contributed by atoms with van der Waals surface area (Å²) in [5.41, 5.74) is 1.97. The third-order valence-electron chi connectivity index (χ3n) is 8.21. The minimum Gasteiger partial charge on any atom is -0.444 e. The van der Waals surface area contributed by atoms with Crippen LogP contribution in [0.5, 0.6) is 0 Å². The number of piperazine rings is 1. The predicted molar refractivity (Wildman–Crippen MR) is 161 cm³/mol. The van der Waals surface area contributed by atoms with E-state index in [2.05, 4.69) is 48.3 Å². The first-order valence-electron chi connectivity index (χ1n) is 14.9. The van der Waals surface area contributed by atoms with Crippen molar-refractivity contribution in [3.63, 3.8) is 0 Å². The topological polar surface area (TPSA) is 65.1 Å². The summed E-state index contributed by atoms with van der Waals surface area (Å²) in [5.74, 6) is -0.0973. The third-order valence-corrected chi connectivity index (χ3v) is 8.21. The number of piperidine rings is 1. The average molecular weight is 567 g/mol. The van der Waals surface area contributed by atoms with Gasteiger partial charge in [-0.3, -0.25) is 9.69 Å². The van der Waals surface area contributed by atoms with Gasteiger partial charge in [0.1, 0.15) is 11.4 Å². The van der Waals surface area contributed by atoms with Crippen LogP contribution < -0.4 is 5.32 Å². The molecule has 8 heteroatoms. The Morgan fingerprint density at radius 3 is 2.00 bits per heavy atom. The molecule has 0 aliphatic carbocycles. The number of carbonyl (C=O) groups excluding carboxylic acids is 2. The van der Waals surface area contributed by atoms with Gasteiger partial charge in [-0.15, -0.1) is 0 Å². The highest BCUT2D eigenvalue weighted by Crippen LogP contribution is 2.29. The van der Waals surface area contributed by atoms with E-state index in [1.807, 2.05) is 44.4 Å². The molecule has 41 heavy (non-hydrogen) atoms. The summed E-state index contributed by atoms with van der Waals surface area (Å²) in [6.45, 7) is 17.6. The van der Waals surface area contributed by atoms with Crippen LogP contribution in [0.4, 0.5) is 14.9 Å². The molecule has 2 saturated heterocycles. The summed E-state index contributed by atoms with van der Waals surface area (Å²) >= 11 is 0. The van der Waals surface area contributed by atoms with Crippen LogP contribution in [0, 0.1) is 5.82 Å². The molecular weight excluding hydrogens is 519 g/mol. The Morgan fingerprint density at radius 1 is 0.902 bits per heavy atom. The van der Waals surface area contributed by atoms with Crippen LogP contribution in [0.15, 0.2) is 48.5 Å². The zero-order valence-corrected chi connectivity index (χ0v) is 25.7. The molecular formula is C33H47FN4O3. The highest BCUT2D eigenvalue weighted by molar-refractivity contribution is 5.87. The Hall–Kier alpha value is -3.13. The van der Waals surface area contributed by atoms with Crippen LogP contribution in [0.2, 0.25) is 0 Å². The van der Waals surface area contributed by atoms with Gasteiger partial charge in [0, 0.05) is 56.5 Å². The molecule has 2 atom stereocenters. The molecule has 2 heterocycles. The fourth-order valence-corrected chi connectivity index (χ4v) is 6.05. The van der Waals surface area contributed by atoms with E-state index in [0.717, 1.165) is 43.7 Å². The molecule has 4 rings (SSSR count). The van der Waals surface area contributed by atoms with E-state index >= 15 is 0 Å². The summed E-state index contributed by atoms with van der Waals surface area (Å²) in [6.07, 6.45) is 1.47. The van der Waals surface area contributed by atoms with E-state index in [4.69, 9.17) is 4.74 Å². The Morgan fingerprint density at radius 2 is 1.46 bits per heavy atom. The first-order valence-corrected chi connectivity index (χ1v) is 14.9. The van der Waals surface area contributed by atoms with Crippen molar-refractivity contribution in [2.24, 2.45) is 0 Å². The molecule has 2 aromatic carbocycles. The number of benzene rings is 2. The van der Waals surface area contributed by atoms with Gasteiger partial charge < -0.3 is 19.9 Å². The number of amides is 2. The summed E-state index contributed by atoms with van der Waals surface area (Å²) < 4.78 is 18.8. The Kier molecular flexibility index (Phi) is 9.32. The largest absolute Gasteiger partial charge is 0.444 e. The standard InChI is InChI=1S/C33H47FN4O3/c1-23-20-36(21-24(2)38(23)31(40)41-32(3,4)5)22-25-8-10-26(11-9-25)33(6,7)30(39)37-18-16-29(17-19-37)35-28-14-12-27(34)13-15-28/h8-15,23-24,29,35H,16-22H2,1-7H3/t23-,24+. The van der Waals surface area contributed by atoms with Crippen molar-refractivity contribution in [2.45, 2.75) is 97.0 Å². The van der Waals surface area contributed by atoms with Gasteiger partial charge in [0.25, 0.3) is 0 Å². The van der Waals surface area contributed by atoms with Crippen molar-refractivity contribution < 1.29 is 18.7 Å². The van der Waals surface area contributed by atoms with Gasteiger partial charge in [-0.05, 0) is 96.7 Å². The van der Waals surface area contributed by atoms with E-state index < -0.39 is 11.0 Å². The number of hydrogen-bond acceptors (Lipinski definition) is 5. The van der Waals surface area contributed by atoms with Crippen LogP contribution in [-0.2, 0) is 21.5 Å². The fraction of sp³-hybridized carbons (Fsp3) is 0.576. The van der Waals surface area contributed by atoms with Crippen LogP contribution in [0.1, 0.15) is 72.4 Å². The van der Waals surface area contributed by atoms with Crippen molar-refractivity contribution in [2.75, 3.05) is 31.5 Å². The molecule has 2 fully saturated rings. The van der Waals surface area contributed by atoms with Crippen molar-refractivity contribution in [1.29, 1.82) is 0 Å². The SMILES string of the molecule is C[C@@H]1CN(Cc2ccc(C(C)(C)C(=O)N3CCC(Nc4ccc(F)cc4)CC3)cc2)C[C@H](C)N1C(=O)OC(C)(C)C. The molecule has 0 unspecified atom stereocenters. The molecule has 1 N–H and O–H groups in total. The first-order chi connectivity index (χ1) is 19.2. The van der Waals surface area contributed by atoms with Crippen molar-refractivity contribution in [3.05, 3.63) is 65.5 Å². The molecule has 0 saturated carbocycles. The molecule has 2 aliphatic heterocycles. The van der Waals surface area contributed by atoms with E-state index in [9.17, 15) is 14.0 Å². The molecule has 7 nitrogen and oxygen atoms in total. The maximum absolute atomic E-state index is 13.6. The number of carbonyl (C=O) groups is 2. The molecule has 224 valence electrons. The quantitative estimate of drug-likeness (QED) is 0.462. The third kappa shape index (κ3) is 7.79. The van der Waals surface area contributed by atoms with Crippen LogP contribution >= 0.6 is 0 Å². The molecule has 2 amide bonds. The maximum Gasteiger partial charge on any atom is 0.410 e. The first kappa shape index (κ1) is 30.8. The summed E-state index contributed by atoms with van der Waals surface area (Å²) in [7, 11) is 0. The van der Waals surface area contributed by atoms with Gasteiger partial charge in [-0.2, -0.15) is 0 Å². The normalized spacial score (nSPS) is 21.1. The average Bonchev–Trinajstić information content (AvgIpc) is 2.89. The highest BCUT2D eigenvalue weighted by Gasteiger charge is 2.37. The second-order valence-corrected chi connectivity index (χ2v) is 13.3. The number of hydrogen-bond donors (Lipinski definition) is 1. The zero-order chi connectivity index (χ0) is 29.9. The van der Waals surface area contributed by atoms with Crippen LogP contribution in [0.3, 0.4) is 0 Å². The van der Waals surface area contributed by atoms with Crippen molar-refractivity contribution >= 4 is 17.7 Å². The Labute approximate surface area is 245 Å². The number of rotatable bonds is 6. The van der Waals surface area contributed by atoms with E-state index in [1.54, 1.807) is 12.1 Å². The van der Waals surface area contributed by atoms with Gasteiger partial charge in [-0.1, -0.05) is 24.3 Å². The number of nitrogens with one attached hydrogen (secondary N) is 1. The second-order valence-electron chi connectivity index (χ2n) is 13.3. The number of anilines is 1. The lowest BCUT2D eigenvalue weighted by Gasteiger charge is -2.44. The number of nitrogens with zero attached hydrogens (tertiary/aromatic N) is 3. The van der Waals surface area contributed by atoms with Gasteiger partial charge in [0.05, 0.1) is 5.41 Å². The summed E-state index contributed by atoms with van der Waals surface area (Å²) in [4.78, 5) is 32.5. The summed E-state index contributed by atoms with van der Waals surface area (Å²) in [5, 5.41) is 3.47. The molecule has 2 aliphatic rings. The number of halogens is 1. The monoisotopic (exact) mass is 566 g/mol. The zero-order valence-electron chi connectivity index (χ0n) is 25.7. The molecule has 0 radical (unpaired) electrons. The lowest BCUT2D eigenvalue weighted by Crippen LogP contribution is -2.59. The van der Waals surface area contributed by atoms with Crippen LogP contribution in [-0.4, -0.2) is 76.6 Å². The Balaban J connectivity index is 1.30. The maximum atomic E-state index is 13.6. The van der Waals surface area contributed by atoms with E-state index in [0.29, 0.717) is 13.1 Å². The highest BCUT2D eigenvalue weighted by atomic mass is 19.1. The van der Waals surface area contributed by atoms with Gasteiger partial charge in [-0.25, -0.2) is 9.18 Å². The lowest BCUT2D eigenvalue weighted by molar-refractivity contribution is -0.137. The second kappa shape index (κ2) is 12.4. The Bertz CT molecular complexity index is 1170. The number of likely N-dealkylation sites (tertiary alicyclic amines) is 1.